The predicted octanol–water partition coefficient (Wildman–Crippen LogP) is 3.18. The molecule has 1 fully saturated rings. The molecule has 2 unspecified atom stereocenters. The van der Waals surface area contributed by atoms with Gasteiger partial charge in [-0.1, -0.05) is 25.1 Å². The minimum absolute atomic E-state index is 0.630. The zero-order valence-electron chi connectivity index (χ0n) is 10.7. The lowest BCUT2D eigenvalue weighted by Crippen LogP contribution is -2.39. The van der Waals surface area contributed by atoms with E-state index in [1.54, 1.807) is 0 Å². The predicted molar refractivity (Wildman–Crippen MR) is 69.4 cm³/mol. The second-order valence-electron chi connectivity index (χ2n) is 5.22. The summed E-state index contributed by atoms with van der Waals surface area (Å²) in [7, 11) is 0. The van der Waals surface area contributed by atoms with E-state index in [0.29, 0.717) is 6.04 Å². The maximum absolute atomic E-state index is 9.09. The third-order valence-corrected chi connectivity index (χ3v) is 3.79. The Morgan fingerprint density at radius 2 is 2.12 bits per heavy atom. The van der Waals surface area contributed by atoms with Gasteiger partial charge in [0, 0.05) is 12.6 Å². The van der Waals surface area contributed by atoms with Crippen molar-refractivity contribution in [1.82, 2.24) is 4.90 Å². The highest BCUT2D eigenvalue weighted by atomic mass is 15.2. The zero-order chi connectivity index (χ0) is 12.3. The summed E-state index contributed by atoms with van der Waals surface area (Å²) in [4.78, 5) is 2.50. The molecule has 0 aromatic heterocycles. The fourth-order valence-corrected chi connectivity index (χ4v) is 2.68. The Morgan fingerprint density at radius 3 is 2.82 bits per heavy atom. The molecule has 2 rings (SSSR count). The van der Waals surface area contributed by atoms with E-state index in [9.17, 15) is 0 Å². The molecule has 90 valence electrons. The number of hydrogen-bond acceptors (Lipinski definition) is 2. The molecule has 1 aromatic rings. The number of rotatable bonds is 2. The van der Waals surface area contributed by atoms with Crippen molar-refractivity contribution < 1.29 is 0 Å². The van der Waals surface area contributed by atoms with Gasteiger partial charge in [0.1, 0.15) is 0 Å². The first-order valence-electron chi connectivity index (χ1n) is 6.42. The normalized spacial score (nSPS) is 25.5. The van der Waals surface area contributed by atoms with Gasteiger partial charge >= 0.3 is 0 Å². The average molecular weight is 228 g/mol. The van der Waals surface area contributed by atoms with Crippen LogP contribution in [0.5, 0.6) is 0 Å². The lowest BCUT2D eigenvalue weighted by Gasteiger charge is -2.36. The molecule has 0 N–H and O–H groups in total. The lowest BCUT2D eigenvalue weighted by atomic mass is 9.93. The third kappa shape index (κ3) is 2.87. The fourth-order valence-electron chi connectivity index (χ4n) is 2.68. The molecule has 0 bridgehead atoms. The van der Waals surface area contributed by atoms with E-state index in [1.165, 1.54) is 12.8 Å². The van der Waals surface area contributed by atoms with Crippen molar-refractivity contribution in [2.24, 2.45) is 5.92 Å². The van der Waals surface area contributed by atoms with Gasteiger partial charge in [0.15, 0.2) is 0 Å². The fraction of sp³-hybridized carbons (Fsp3) is 0.533. The van der Waals surface area contributed by atoms with Gasteiger partial charge in [-0.2, -0.15) is 5.26 Å². The molecular formula is C15H20N2. The Morgan fingerprint density at radius 1 is 1.35 bits per heavy atom. The van der Waals surface area contributed by atoms with E-state index in [4.69, 9.17) is 5.26 Å². The van der Waals surface area contributed by atoms with Crippen LogP contribution >= 0.6 is 0 Å². The summed E-state index contributed by atoms with van der Waals surface area (Å²) in [5.74, 6) is 0.840. The van der Waals surface area contributed by atoms with Gasteiger partial charge in [0.25, 0.3) is 0 Å². The van der Waals surface area contributed by atoms with Crippen LogP contribution in [0.1, 0.15) is 37.8 Å². The van der Waals surface area contributed by atoms with E-state index in [2.05, 4.69) is 30.9 Å². The van der Waals surface area contributed by atoms with Crippen molar-refractivity contribution >= 4 is 0 Å². The summed E-state index contributed by atoms with van der Waals surface area (Å²) in [5, 5.41) is 9.09. The van der Waals surface area contributed by atoms with Crippen LogP contribution in [-0.2, 0) is 6.54 Å². The Hall–Kier alpha value is -1.33. The van der Waals surface area contributed by atoms with Crippen molar-refractivity contribution in [3.8, 4) is 6.07 Å². The molecule has 1 saturated heterocycles. The van der Waals surface area contributed by atoms with E-state index < -0.39 is 0 Å². The molecule has 0 aliphatic carbocycles. The molecule has 1 heterocycles. The maximum atomic E-state index is 9.09. The Labute approximate surface area is 104 Å². The quantitative estimate of drug-likeness (QED) is 0.777. The SMILES string of the molecule is CC1CCN(Cc2ccccc2C#N)C(C)C1. The van der Waals surface area contributed by atoms with Crippen LogP contribution in [0, 0.1) is 17.2 Å². The molecule has 1 aliphatic rings. The highest BCUT2D eigenvalue weighted by Gasteiger charge is 2.23. The Balaban J connectivity index is 2.08. The van der Waals surface area contributed by atoms with Crippen molar-refractivity contribution in [2.75, 3.05) is 6.54 Å². The molecule has 1 aromatic carbocycles. The van der Waals surface area contributed by atoms with Gasteiger partial charge in [-0.15, -0.1) is 0 Å². The topological polar surface area (TPSA) is 27.0 Å². The van der Waals surface area contributed by atoms with Gasteiger partial charge in [-0.05, 0) is 43.9 Å². The van der Waals surface area contributed by atoms with Crippen LogP contribution in [-0.4, -0.2) is 17.5 Å². The van der Waals surface area contributed by atoms with E-state index in [1.807, 2.05) is 18.2 Å². The zero-order valence-corrected chi connectivity index (χ0v) is 10.7. The lowest BCUT2D eigenvalue weighted by molar-refractivity contribution is 0.122. The summed E-state index contributed by atoms with van der Waals surface area (Å²) in [5.41, 5.74) is 1.98. The van der Waals surface area contributed by atoms with Crippen molar-refractivity contribution in [3.63, 3.8) is 0 Å². The number of nitrogens with zero attached hydrogens (tertiary/aromatic N) is 2. The van der Waals surface area contributed by atoms with Crippen LogP contribution in [0.2, 0.25) is 0 Å². The van der Waals surface area contributed by atoms with E-state index in [0.717, 1.165) is 30.1 Å². The Bertz CT molecular complexity index is 419. The van der Waals surface area contributed by atoms with Gasteiger partial charge in [0.2, 0.25) is 0 Å². The monoisotopic (exact) mass is 228 g/mol. The molecule has 2 heteroatoms. The number of hydrogen-bond donors (Lipinski definition) is 0. The van der Waals surface area contributed by atoms with Crippen molar-refractivity contribution in [3.05, 3.63) is 35.4 Å². The van der Waals surface area contributed by atoms with Crippen molar-refractivity contribution in [1.29, 1.82) is 5.26 Å². The first-order valence-corrected chi connectivity index (χ1v) is 6.42. The first kappa shape index (κ1) is 12.1. The Kier molecular flexibility index (Phi) is 3.81. The van der Waals surface area contributed by atoms with E-state index in [-0.39, 0.29) is 0 Å². The van der Waals surface area contributed by atoms with Crippen LogP contribution < -0.4 is 0 Å². The van der Waals surface area contributed by atoms with Gasteiger partial charge in [-0.3, -0.25) is 4.90 Å². The summed E-state index contributed by atoms with van der Waals surface area (Å²) < 4.78 is 0. The highest BCUT2D eigenvalue weighted by Crippen LogP contribution is 2.24. The second-order valence-corrected chi connectivity index (χ2v) is 5.22. The maximum Gasteiger partial charge on any atom is 0.0995 e. The van der Waals surface area contributed by atoms with Gasteiger partial charge in [0.05, 0.1) is 11.6 Å². The van der Waals surface area contributed by atoms with E-state index >= 15 is 0 Å². The molecule has 0 amide bonds. The minimum atomic E-state index is 0.630. The van der Waals surface area contributed by atoms with Crippen LogP contribution in [0.15, 0.2) is 24.3 Å². The molecule has 1 aliphatic heterocycles. The molecule has 2 nitrogen and oxygen atoms in total. The average Bonchev–Trinajstić information content (AvgIpc) is 2.33. The van der Waals surface area contributed by atoms with Crippen LogP contribution in [0.3, 0.4) is 0 Å². The summed E-state index contributed by atoms with van der Waals surface area (Å²) in [6.07, 6.45) is 2.55. The summed E-state index contributed by atoms with van der Waals surface area (Å²) in [6, 6.07) is 10.8. The molecule has 17 heavy (non-hydrogen) atoms. The largest absolute Gasteiger partial charge is 0.296 e. The number of piperidine rings is 1. The highest BCUT2D eigenvalue weighted by molar-refractivity contribution is 5.37. The molecule has 0 spiro atoms. The summed E-state index contributed by atoms with van der Waals surface area (Å²) >= 11 is 0. The smallest absolute Gasteiger partial charge is 0.0995 e. The number of likely N-dealkylation sites (tertiary alicyclic amines) is 1. The van der Waals surface area contributed by atoms with Crippen molar-refractivity contribution in [2.45, 2.75) is 39.3 Å². The molecule has 0 radical (unpaired) electrons. The van der Waals surface area contributed by atoms with Crippen LogP contribution in [0.4, 0.5) is 0 Å². The standard InChI is InChI=1S/C15H20N2/c1-12-7-8-17(13(2)9-12)11-15-6-4-3-5-14(15)10-16/h3-6,12-13H,7-9,11H2,1-2H3. The number of benzene rings is 1. The molecule has 2 atom stereocenters. The number of nitriles is 1. The van der Waals surface area contributed by atoms with Gasteiger partial charge < -0.3 is 0 Å². The minimum Gasteiger partial charge on any atom is -0.296 e. The van der Waals surface area contributed by atoms with Crippen LogP contribution in [0.25, 0.3) is 0 Å². The molecular weight excluding hydrogens is 208 g/mol. The third-order valence-electron chi connectivity index (χ3n) is 3.79. The summed E-state index contributed by atoms with van der Waals surface area (Å²) in [6.45, 7) is 6.70. The second kappa shape index (κ2) is 5.33. The van der Waals surface area contributed by atoms with Gasteiger partial charge in [-0.25, -0.2) is 0 Å². The molecule has 0 saturated carbocycles. The first-order chi connectivity index (χ1) is 8.20.